The van der Waals surface area contributed by atoms with Gasteiger partial charge in [-0.15, -0.1) is 24.0 Å². The molecule has 2 heterocycles. The number of methoxy groups -OCH3 is 1. The molecule has 176 valence electrons. The molecule has 4 rings (SSSR count). The third-order valence-corrected chi connectivity index (χ3v) is 5.72. The van der Waals surface area contributed by atoms with Gasteiger partial charge in [-0.05, 0) is 42.7 Å². The van der Waals surface area contributed by atoms with Crippen molar-refractivity contribution in [3.05, 3.63) is 78.1 Å². The highest BCUT2D eigenvalue weighted by atomic mass is 127. The standard InChI is InChI=1S/C25H32N6O.HI/c1-3-26-25(27-17-20-9-4-5-10-21(20)18-31-15-8-14-28-31)29-22-13-16-30(19-22)23-11-6-7-12-24(23)32-2;/h4-12,14-15,22H,3,13,16-19H2,1-2H3,(H2,26,27,29);1H. The van der Waals surface area contributed by atoms with Crippen molar-refractivity contribution >= 4 is 35.6 Å². The summed E-state index contributed by atoms with van der Waals surface area (Å²) >= 11 is 0. The number of benzene rings is 2. The Morgan fingerprint density at radius 1 is 1.12 bits per heavy atom. The molecule has 0 spiro atoms. The lowest BCUT2D eigenvalue weighted by Crippen LogP contribution is -2.44. The van der Waals surface area contributed by atoms with E-state index in [9.17, 15) is 0 Å². The molecule has 0 amide bonds. The Kier molecular flexibility index (Phi) is 9.41. The van der Waals surface area contributed by atoms with Gasteiger partial charge in [-0.3, -0.25) is 4.68 Å². The maximum atomic E-state index is 5.54. The van der Waals surface area contributed by atoms with Gasteiger partial charge in [-0.1, -0.05) is 36.4 Å². The van der Waals surface area contributed by atoms with Gasteiger partial charge < -0.3 is 20.3 Å². The highest BCUT2D eigenvalue weighted by Gasteiger charge is 2.25. The summed E-state index contributed by atoms with van der Waals surface area (Å²) in [6, 6.07) is 18.9. The molecule has 2 N–H and O–H groups in total. The van der Waals surface area contributed by atoms with E-state index >= 15 is 0 Å². The van der Waals surface area contributed by atoms with Gasteiger partial charge in [0.15, 0.2) is 5.96 Å². The Balaban J connectivity index is 0.00000306. The van der Waals surface area contributed by atoms with Crippen molar-refractivity contribution in [2.24, 2.45) is 4.99 Å². The van der Waals surface area contributed by atoms with Gasteiger partial charge >= 0.3 is 0 Å². The molecule has 0 aliphatic carbocycles. The second kappa shape index (κ2) is 12.5. The summed E-state index contributed by atoms with van der Waals surface area (Å²) in [7, 11) is 1.73. The molecule has 1 fully saturated rings. The largest absolute Gasteiger partial charge is 0.495 e. The Hall–Kier alpha value is -2.75. The van der Waals surface area contributed by atoms with Gasteiger partial charge in [0.2, 0.25) is 0 Å². The molecule has 7 nitrogen and oxygen atoms in total. The van der Waals surface area contributed by atoms with Crippen molar-refractivity contribution in [2.45, 2.75) is 32.5 Å². The fraction of sp³-hybridized carbons (Fsp3) is 0.360. The van der Waals surface area contributed by atoms with Crippen LogP contribution in [0.15, 0.2) is 72.0 Å². The van der Waals surface area contributed by atoms with E-state index in [0.29, 0.717) is 12.6 Å². The first-order chi connectivity index (χ1) is 15.8. The number of hydrogen-bond donors (Lipinski definition) is 2. The molecule has 1 unspecified atom stereocenters. The average Bonchev–Trinajstić information content (AvgIpc) is 3.51. The Labute approximate surface area is 213 Å². The summed E-state index contributed by atoms with van der Waals surface area (Å²) in [6.45, 7) is 6.20. The number of hydrogen-bond acceptors (Lipinski definition) is 4. The summed E-state index contributed by atoms with van der Waals surface area (Å²) in [5.74, 6) is 1.77. The number of aromatic nitrogens is 2. The van der Waals surface area contributed by atoms with E-state index in [0.717, 1.165) is 50.0 Å². The van der Waals surface area contributed by atoms with Crippen molar-refractivity contribution < 1.29 is 4.74 Å². The molecular formula is C25H33IN6O. The molecular weight excluding hydrogens is 527 g/mol. The number of nitrogens with zero attached hydrogens (tertiary/aromatic N) is 4. The first-order valence-electron chi connectivity index (χ1n) is 11.2. The molecule has 3 aromatic rings. The number of halogens is 1. The van der Waals surface area contributed by atoms with Crippen LogP contribution in [0.4, 0.5) is 5.69 Å². The van der Waals surface area contributed by atoms with Gasteiger partial charge in [0, 0.05) is 38.1 Å². The number of nitrogens with one attached hydrogen (secondary N) is 2. The normalized spacial score (nSPS) is 15.8. The highest BCUT2D eigenvalue weighted by molar-refractivity contribution is 14.0. The first-order valence-corrected chi connectivity index (χ1v) is 11.2. The fourth-order valence-electron chi connectivity index (χ4n) is 4.10. The van der Waals surface area contributed by atoms with Gasteiger partial charge in [-0.2, -0.15) is 5.10 Å². The summed E-state index contributed by atoms with van der Waals surface area (Å²) in [5, 5.41) is 11.4. The smallest absolute Gasteiger partial charge is 0.191 e. The Morgan fingerprint density at radius 3 is 2.67 bits per heavy atom. The van der Waals surface area contributed by atoms with E-state index in [1.54, 1.807) is 7.11 Å². The van der Waals surface area contributed by atoms with Crippen molar-refractivity contribution in [3.8, 4) is 5.75 Å². The van der Waals surface area contributed by atoms with Crippen LogP contribution in [-0.4, -0.2) is 48.5 Å². The second-order valence-corrected chi connectivity index (χ2v) is 7.92. The third kappa shape index (κ3) is 6.63. The van der Waals surface area contributed by atoms with Gasteiger partial charge in [-0.25, -0.2) is 4.99 Å². The lowest BCUT2D eigenvalue weighted by Gasteiger charge is -2.22. The van der Waals surface area contributed by atoms with Crippen LogP contribution in [0, 0.1) is 0 Å². The van der Waals surface area contributed by atoms with E-state index in [-0.39, 0.29) is 24.0 Å². The highest BCUT2D eigenvalue weighted by Crippen LogP contribution is 2.30. The summed E-state index contributed by atoms with van der Waals surface area (Å²) in [4.78, 5) is 7.26. The Bertz CT molecular complexity index is 1020. The zero-order chi connectivity index (χ0) is 22.2. The van der Waals surface area contributed by atoms with Gasteiger partial charge in [0.05, 0.1) is 25.9 Å². The maximum absolute atomic E-state index is 5.54. The van der Waals surface area contributed by atoms with E-state index < -0.39 is 0 Å². The fourth-order valence-corrected chi connectivity index (χ4v) is 4.10. The average molecular weight is 560 g/mol. The monoisotopic (exact) mass is 560 g/mol. The number of ether oxygens (including phenoxy) is 1. The first kappa shape index (κ1) is 24.9. The second-order valence-electron chi connectivity index (χ2n) is 7.92. The number of rotatable bonds is 8. The number of guanidine groups is 1. The molecule has 0 radical (unpaired) electrons. The van der Waals surface area contributed by atoms with Crippen LogP contribution in [0.5, 0.6) is 5.75 Å². The molecule has 33 heavy (non-hydrogen) atoms. The van der Waals surface area contributed by atoms with Crippen LogP contribution in [0.3, 0.4) is 0 Å². The molecule has 1 aliphatic heterocycles. The van der Waals surface area contributed by atoms with Crippen LogP contribution in [0.25, 0.3) is 0 Å². The minimum absolute atomic E-state index is 0. The van der Waals surface area contributed by atoms with E-state index in [4.69, 9.17) is 9.73 Å². The lowest BCUT2D eigenvalue weighted by atomic mass is 10.1. The molecule has 0 bridgehead atoms. The molecule has 0 saturated carbocycles. The van der Waals surface area contributed by atoms with Crippen LogP contribution in [0.2, 0.25) is 0 Å². The maximum Gasteiger partial charge on any atom is 0.191 e. The van der Waals surface area contributed by atoms with Gasteiger partial charge in [0.1, 0.15) is 5.75 Å². The zero-order valence-corrected chi connectivity index (χ0v) is 21.6. The van der Waals surface area contributed by atoms with Crippen LogP contribution < -0.4 is 20.3 Å². The van der Waals surface area contributed by atoms with Crippen molar-refractivity contribution in [1.29, 1.82) is 0 Å². The quantitative estimate of drug-likeness (QED) is 0.249. The molecule has 1 saturated heterocycles. The molecule has 1 aliphatic rings. The Morgan fingerprint density at radius 2 is 1.91 bits per heavy atom. The molecule has 1 atom stereocenters. The number of aliphatic imine (C=N–C) groups is 1. The number of para-hydroxylation sites is 2. The topological polar surface area (TPSA) is 66.7 Å². The van der Waals surface area contributed by atoms with Crippen LogP contribution >= 0.6 is 24.0 Å². The van der Waals surface area contributed by atoms with Gasteiger partial charge in [0.25, 0.3) is 0 Å². The lowest BCUT2D eigenvalue weighted by molar-refractivity contribution is 0.415. The van der Waals surface area contributed by atoms with E-state index in [2.05, 4.69) is 64.0 Å². The van der Waals surface area contributed by atoms with Crippen molar-refractivity contribution in [1.82, 2.24) is 20.4 Å². The molecule has 8 heteroatoms. The van der Waals surface area contributed by atoms with E-state index in [1.165, 1.54) is 11.1 Å². The molecule has 2 aromatic carbocycles. The predicted molar refractivity (Wildman–Crippen MR) is 145 cm³/mol. The summed E-state index contributed by atoms with van der Waals surface area (Å²) in [5.41, 5.74) is 3.59. The zero-order valence-electron chi connectivity index (χ0n) is 19.3. The third-order valence-electron chi connectivity index (χ3n) is 5.72. The van der Waals surface area contributed by atoms with Crippen LogP contribution in [0.1, 0.15) is 24.5 Å². The summed E-state index contributed by atoms with van der Waals surface area (Å²) < 4.78 is 7.49. The number of anilines is 1. The molecule has 1 aromatic heterocycles. The minimum atomic E-state index is 0. The SMILES string of the molecule is CCNC(=NCc1ccccc1Cn1cccn1)NC1CCN(c2ccccc2OC)C1.I. The van der Waals surface area contributed by atoms with Crippen LogP contribution in [-0.2, 0) is 13.1 Å². The van der Waals surface area contributed by atoms with E-state index in [1.807, 2.05) is 35.3 Å². The minimum Gasteiger partial charge on any atom is -0.495 e. The van der Waals surface area contributed by atoms with Crippen molar-refractivity contribution in [2.75, 3.05) is 31.6 Å². The summed E-state index contributed by atoms with van der Waals surface area (Å²) in [6.07, 6.45) is 4.85. The van der Waals surface area contributed by atoms with Crippen molar-refractivity contribution in [3.63, 3.8) is 0 Å². The predicted octanol–water partition coefficient (Wildman–Crippen LogP) is 3.89.